The maximum atomic E-state index is 12.4. The lowest BCUT2D eigenvalue weighted by Gasteiger charge is -2.46. The van der Waals surface area contributed by atoms with Crippen molar-refractivity contribution in [1.29, 1.82) is 0 Å². The van der Waals surface area contributed by atoms with E-state index in [1.165, 1.54) is 6.42 Å². The summed E-state index contributed by atoms with van der Waals surface area (Å²) in [4.78, 5) is 16.8. The molecule has 2 saturated heterocycles. The first-order valence-corrected chi connectivity index (χ1v) is 8.03. The van der Waals surface area contributed by atoms with Gasteiger partial charge in [-0.05, 0) is 45.7 Å². The summed E-state index contributed by atoms with van der Waals surface area (Å²) in [5, 5.41) is 2.99. The van der Waals surface area contributed by atoms with E-state index in [-0.39, 0.29) is 6.03 Å². The van der Waals surface area contributed by atoms with Crippen LogP contribution in [0.5, 0.6) is 0 Å². The minimum Gasteiger partial charge on any atom is -0.375 e. The fraction of sp³-hybridized carbons (Fsp3) is 0.812. The van der Waals surface area contributed by atoms with Crippen molar-refractivity contribution in [2.45, 2.75) is 32.2 Å². The van der Waals surface area contributed by atoms with Crippen LogP contribution in [0, 0.1) is 5.92 Å². The molecule has 0 aliphatic carbocycles. The van der Waals surface area contributed by atoms with E-state index < -0.39 is 0 Å². The molecule has 0 unspecified atom stereocenters. The van der Waals surface area contributed by atoms with Crippen LogP contribution in [0.1, 0.15) is 26.2 Å². The average molecular weight is 295 g/mol. The molecule has 0 aromatic rings. The van der Waals surface area contributed by atoms with E-state index in [0.29, 0.717) is 31.7 Å². The molecule has 2 rings (SSSR count). The Balaban J connectivity index is 1.74. The summed E-state index contributed by atoms with van der Waals surface area (Å²) in [6.07, 6.45) is 3.47. The van der Waals surface area contributed by atoms with Crippen LogP contribution >= 0.6 is 0 Å². The highest BCUT2D eigenvalue weighted by molar-refractivity contribution is 5.74. The number of carbonyl (C=O) groups excluding carboxylic acids is 1. The van der Waals surface area contributed by atoms with Crippen molar-refractivity contribution < 1.29 is 9.53 Å². The second kappa shape index (κ2) is 7.80. The molecule has 0 aromatic carbocycles. The molecule has 0 aromatic heterocycles. The third-order valence-corrected chi connectivity index (χ3v) is 4.40. The maximum Gasteiger partial charge on any atom is 0.317 e. The number of likely N-dealkylation sites (tertiary alicyclic amines) is 2. The zero-order valence-electron chi connectivity index (χ0n) is 13.4. The van der Waals surface area contributed by atoms with Crippen LogP contribution in [0.4, 0.5) is 4.79 Å². The number of ether oxygens (including phenoxy) is 1. The van der Waals surface area contributed by atoms with E-state index in [0.717, 1.165) is 38.0 Å². The van der Waals surface area contributed by atoms with Gasteiger partial charge in [0.2, 0.25) is 0 Å². The van der Waals surface area contributed by atoms with E-state index in [4.69, 9.17) is 4.74 Å². The van der Waals surface area contributed by atoms with Crippen LogP contribution in [0.25, 0.3) is 0 Å². The molecule has 0 spiro atoms. The highest BCUT2D eigenvalue weighted by Crippen LogP contribution is 2.29. The zero-order chi connectivity index (χ0) is 15.2. The Bertz CT molecular complexity index is 373. The maximum absolute atomic E-state index is 12.4. The molecule has 2 aliphatic heterocycles. The van der Waals surface area contributed by atoms with Crippen LogP contribution in [-0.2, 0) is 4.74 Å². The first kappa shape index (κ1) is 16.3. The Hall–Kier alpha value is -1.07. The molecule has 2 fully saturated rings. The summed E-state index contributed by atoms with van der Waals surface area (Å²) in [5.74, 6) is 0.642. The monoisotopic (exact) mass is 295 g/mol. The van der Waals surface area contributed by atoms with Crippen LogP contribution < -0.4 is 5.32 Å². The SMILES string of the molecule is C=C(C)COCCNC(=O)N1CCC[C@@H]2CN(C)CC[C@@H]21. The van der Waals surface area contributed by atoms with Gasteiger partial charge in [0, 0.05) is 25.7 Å². The van der Waals surface area contributed by atoms with E-state index in [2.05, 4.69) is 28.7 Å². The van der Waals surface area contributed by atoms with Gasteiger partial charge >= 0.3 is 6.03 Å². The minimum absolute atomic E-state index is 0.0770. The highest BCUT2D eigenvalue weighted by atomic mass is 16.5. The van der Waals surface area contributed by atoms with Gasteiger partial charge in [-0.1, -0.05) is 12.2 Å². The first-order chi connectivity index (χ1) is 10.1. The lowest BCUT2D eigenvalue weighted by atomic mass is 9.84. The molecule has 2 aliphatic rings. The number of nitrogens with zero attached hydrogens (tertiary/aromatic N) is 2. The number of fused-ring (bicyclic) bond motifs is 1. The van der Waals surface area contributed by atoms with E-state index in [1.807, 2.05) is 6.92 Å². The molecule has 120 valence electrons. The predicted molar refractivity (Wildman–Crippen MR) is 84.4 cm³/mol. The lowest BCUT2D eigenvalue weighted by Crippen LogP contribution is -2.57. The van der Waals surface area contributed by atoms with E-state index in [9.17, 15) is 4.79 Å². The lowest BCUT2D eigenvalue weighted by molar-refractivity contribution is 0.0524. The van der Waals surface area contributed by atoms with Crippen LogP contribution in [0.15, 0.2) is 12.2 Å². The molecule has 2 atom stereocenters. The summed E-state index contributed by atoms with van der Waals surface area (Å²) in [7, 11) is 2.17. The van der Waals surface area contributed by atoms with E-state index in [1.54, 1.807) is 0 Å². The number of urea groups is 1. The van der Waals surface area contributed by atoms with Crippen molar-refractivity contribution in [2.24, 2.45) is 5.92 Å². The van der Waals surface area contributed by atoms with Gasteiger partial charge in [-0.3, -0.25) is 0 Å². The molecule has 2 amide bonds. The average Bonchev–Trinajstić information content (AvgIpc) is 2.45. The molecule has 5 heteroatoms. The van der Waals surface area contributed by atoms with Gasteiger partial charge in [-0.15, -0.1) is 0 Å². The van der Waals surface area contributed by atoms with Crippen molar-refractivity contribution >= 4 is 6.03 Å². The summed E-state index contributed by atoms with van der Waals surface area (Å²) >= 11 is 0. The van der Waals surface area contributed by atoms with Gasteiger partial charge in [-0.25, -0.2) is 4.79 Å². The van der Waals surface area contributed by atoms with Gasteiger partial charge in [0.1, 0.15) is 0 Å². The second-order valence-electron chi connectivity index (χ2n) is 6.46. The largest absolute Gasteiger partial charge is 0.375 e. The molecule has 0 saturated carbocycles. The van der Waals surface area contributed by atoms with Crippen molar-refractivity contribution in [3.05, 3.63) is 12.2 Å². The number of nitrogens with one attached hydrogen (secondary N) is 1. The summed E-state index contributed by atoms with van der Waals surface area (Å²) in [5.41, 5.74) is 1.01. The Morgan fingerprint density at radius 1 is 1.38 bits per heavy atom. The van der Waals surface area contributed by atoms with Gasteiger partial charge in [-0.2, -0.15) is 0 Å². The number of piperidine rings is 2. The van der Waals surface area contributed by atoms with E-state index >= 15 is 0 Å². The molecule has 0 bridgehead atoms. The topological polar surface area (TPSA) is 44.8 Å². The third kappa shape index (κ3) is 4.71. The molecule has 5 nitrogen and oxygen atoms in total. The Morgan fingerprint density at radius 2 is 2.19 bits per heavy atom. The Kier molecular flexibility index (Phi) is 6.06. The highest BCUT2D eigenvalue weighted by Gasteiger charge is 2.37. The van der Waals surface area contributed by atoms with Gasteiger partial charge in [0.15, 0.2) is 0 Å². The number of hydrogen-bond acceptors (Lipinski definition) is 3. The van der Waals surface area contributed by atoms with Crippen LogP contribution in [-0.4, -0.2) is 68.3 Å². The third-order valence-electron chi connectivity index (χ3n) is 4.40. The quantitative estimate of drug-likeness (QED) is 0.620. The summed E-state index contributed by atoms with van der Waals surface area (Å²) < 4.78 is 5.41. The molecular weight excluding hydrogens is 266 g/mol. The van der Waals surface area contributed by atoms with Gasteiger partial charge in [0.05, 0.1) is 13.2 Å². The fourth-order valence-corrected chi connectivity index (χ4v) is 3.42. The number of carbonyl (C=O) groups is 1. The molecule has 21 heavy (non-hydrogen) atoms. The van der Waals surface area contributed by atoms with Crippen LogP contribution in [0.2, 0.25) is 0 Å². The van der Waals surface area contributed by atoms with Crippen molar-refractivity contribution in [3.63, 3.8) is 0 Å². The molecule has 0 radical (unpaired) electrons. The van der Waals surface area contributed by atoms with Crippen molar-refractivity contribution in [2.75, 3.05) is 46.4 Å². The standard InChI is InChI=1S/C16H29N3O2/c1-13(2)12-21-10-7-17-16(20)19-8-4-5-14-11-18(3)9-6-15(14)19/h14-15H,1,4-12H2,2-3H3,(H,17,20)/t14-,15+/m1/s1. The van der Waals surface area contributed by atoms with Crippen molar-refractivity contribution in [3.8, 4) is 0 Å². The van der Waals surface area contributed by atoms with Gasteiger partial charge < -0.3 is 19.9 Å². The minimum atomic E-state index is 0.0770. The number of amides is 2. The molecule has 2 heterocycles. The number of hydrogen-bond donors (Lipinski definition) is 1. The Labute approximate surface area is 128 Å². The Morgan fingerprint density at radius 3 is 2.95 bits per heavy atom. The zero-order valence-corrected chi connectivity index (χ0v) is 13.4. The number of rotatable bonds is 5. The molecular formula is C16H29N3O2. The predicted octanol–water partition coefficient (Wildman–Crippen LogP) is 1.70. The second-order valence-corrected chi connectivity index (χ2v) is 6.46. The summed E-state index contributed by atoms with van der Waals surface area (Å²) in [6.45, 7) is 10.5. The summed E-state index contributed by atoms with van der Waals surface area (Å²) in [6, 6.07) is 0.500. The van der Waals surface area contributed by atoms with Crippen molar-refractivity contribution in [1.82, 2.24) is 15.1 Å². The molecule has 1 N–H and O–H groups in total. The normalized spacial score (nSPS) is 26.3. The van der Waals surface area contributed by atoms with Gasteiger partial charge in [0.25, 0.3) is 0 Å². The fourth-order valence-electron chi connectivity index (χ4n) is 3.42. The van der Waals surface area contributed by atoms with Crippen LogP contribution in [0.3, 0.4) is 0 Å². The smallest absolute Gasteiger partial charge is 0.317 e. The first-order valence-electron chi connectivity index (χ1n) is 8.03.